The molecule has 16 heteroatoms. The predicted molar refractivity (Wildman–Crippen MR) is 188 cm³/mol. The standard InChI is InChI=1S/C34H37N5O5S.C2HF3O2/c1-23-6-8-24(9-7-23)10-15-31(33(35)40)39(45(42,43)30-14-12-27-11-13-29(44-2)19-28(27)20-30)32-16-17-38(34(32)41)22-26-5-3-4-25(18-26)21-37-36;3-2(4,5)1(6)7/h3-9,11-14,18-21,31-32H,10,15-17,22,36H2,1-2H3,(H2,35,40);(H,6,7)/t31?,32-;/m0./s1. The molecular weight excluding hydrogens is 703 g/mol. The molecule has 2 atom stereocenters. The number of likely N-dealkylation sites (tertiary alicyclic amines) is 1. The summed E-state index contributed by atoms with van der Waals surface area (Å²) in [5.41, 5.74) is 9.57. The number of halogens is 3. The van der Waals surface area contributed by atoms with Gasteiger partial charge in [-0.25, -0.2) is 13.2 Å². The number of aliphatic carboxylic acids is 1. The van der Waals surface area contributed by atoms with Crippen LogP contribution in [0.4, 0.5) is 13.2 Å². The normalized spacial score (nSPS) is 15.5. The van der Waals surface area contributed by atoms with E-state index in [0.717, 1.165) is 31.9 Å². The summed E-state index contributed by atoms with van der Waals surface area (Å²) in [6.07, 6.45) is -2.85. The number of nitrogens with two attached hydrogens (primary N) is 2. The summed E-state index contributed by atoms with van der Waals surface area (Å²) in [6.45, 7) is 2.54. The topological polar surface area (TPSA) is 186 Å². The molecule has 0 bridgehead atoms. The van der Waals surface area contributed by atoms with E-state index in [4.69, 9.17) is 26.2 Å². The molecule has 5 N–H and O–H groups in total. The van der Waals surface area contributed by atoms with Crippen LogP contribution in [-0.4, -0.2) is 78.6 Å². The molecule has 5 rings (SSSR count). The van der Waals surface area contributed by atoms with Gasteiger partial charge in [-0.3, -0.25) is 9.59 Å². The second-order valence-electron chi connectivity index (χ2n) is 12.0. The molecule has 0 spiro atoms. The lowest BCUT2D eigenvalue weighted by Crippen LogP contribution is -2.55. The number of primary amides is 1. The van der Waals surface area contributed by atoms with Crippen LogP contribution in [0.25, 0.3) is 10.8 Å². The first kappa shape index (κ1) is 39.3. The maximum Gasteiger partial charge on any atom is 0.490 e. The van der Waals surface area contributed by atoms with E-state index in [1.54, 1.807) is 29.2 Å². The average Bonchev–Trinajstić information content (AvgIpc) is 3.44. The van der Waals surface area contributed by atoms with Crippen molar-refractivity contribution in [3.05, 3.63) is 107 Å². The van der Waals surface area contributed by atoms with Gasteiger partial charge in [-0.1, -0.05) is 60.2 Å². The summed E-state index contributed by atoms with van der Waals surface area (Å²) in [5, 5.41) is 12.1. The zero-order valence-corrected chi connectivity index (χ0v) is 29.1. The zero-order chi connectivity index (χ0) is 38.2. The molecule has 1 aliphatic rings. The fourth-order valence-corrected chi connectivity index (χ4v) is 7.65. The monoisotopic (exact) mass is 741 g/mol. The van der Waals surface area contributed by atoms with Crippen LogP contribution in [0.2, 0.25) is 0 Å². The number of carbonyl (C=O) groups is 3. The first-order valence-corrected chi connectivity index (χ1v) is 17.4. The first-order valence-electron chi connectivity index (χ1n) is 15.9. The van der Waals surface area contributed by atoms with Crippen LogP contribution >= 0.6 is 0 Å². The lowest BCUT2D eigenvalue weighted by molar-refractivity contribution is -0.192. The highest BCUT2D eigenvalue weighted by Gasteiger charge is 2.47. The number of fused-ring (bicyclic) bond motifs is 1. The van der Waals surface area contributed by atoms with Gasteiger partial charge in [-0.2, -0.15) is 22.6 Å². The second kappa shape index (κ2) is 16.7. The molecule has 4 aromatic rings. The van der Waals surface area contributed by atoms with Crippen LogP contribution in [0.15, 0.2) is 94.9 Å². The quantitative estimate of drug-likeness (QED) is 0.109. The van der Waals surface area contributed by atoms with E-state index in [0.29, 0.717) is 24.1 Å². The van der Waals surface area contributed by atoms with Crippen molar-refractivity contribution >= 4 is 44.8 Å². The summed E-state index contributed by atoms with van der Waals surface area (Å²) < 4.78 is 67.2. The van der Waals surface area contributed by atoms with Gasteiger partial charge in [0.25, 0.3) is 0 Å². The number of alkyl halides is 3. The Bertz CT molecular complexity index is 2060. The van der Waals surface area contributed by atoms with E-state index in [9.17, 15) is 31.2 Å². The van der Waals surface area contributed by atoms with Gasteiger partial charge < -0.3 is 26.3 Å². The van der Waals surface area contributed by atoms with Gasteiger partial charge in [0, 0.05) is 13.1 Å². The fraction of sp³-hybridized carbons (Fsp3) is 0.278. The summed E-state index contributed by atoms with van der Waals surface area (Å²) >= 11 is 0. The summed E-state index contributed by atoms with van der Waals surface area (Å²) in [6, 6.07) is 23.0. The van der Waals surface area contributed by atoms with Crippen molar-refractivity contribution in [2.24, 2.45) is 16.7 Å². The van der Waals surface area contributed by atoms with Crippen molar-refractivity contribution in [1.29, 1.82) is 0 Å². The lowest BCUT2D eigenvalue weighted by Gasteiger charge is -2.33. The van der Waals surface area contributed by atoms with Gasteiger partial charge in [0.2, 0.25) is 21.8 Å². The molecule has 0 aromatic heterocycles. The first-order chi connectivity index (χ1) is 24.5. The number of nitrogens with zero attached hydrogens (tertiary/aromatic N) is 3. The largest absolute Gasteiger partial charge is 0.497 e. The van der Waals surface area contributed by atoms with Crippen molar-refractivity contribution in [3.63, 3.8) is 0 Å². The summed E-state index contributed by atoms with van der Waals surface area (Å²) in [7, 11) is -2.84. The Kier molecular flexibility index (Phi) is 12.6. The molecule has 2 amide bonds. The number of rotatable bonds is 12. The Labute approximate surface area is 298 Å². The number of carboxylic acids is 1. The number of carbonyl (C=O) groups excluding carboxylic acids is 2. The third kappa shape index (κ3) is 9.64. The Morgan fingerprint density at radius 1 is 1.04 bits per heavy atom. The van der Waals surface area contributed by atoms with Crippen molar-refractivity contribution in [2.45, 2.75) is 55.9 Å². The molecule has 1 saturated heterocycles. The zero-order valence-electron chi connectivity index (χ0n) is 28.3. The minimum absolute atomic E-state index is 0.0372. The highest BCUT2D eigenvalue weighted by Crippen LogP contribution is 2.32. The SMILES string of the molecule is COc1ccc2ccc(S(=O)(=O)N(C(CCc3ccc(C)cc3)C(N)=O)[C@H]3CCN(Cc4cccc(C=NN)c4)C3=O)cc2c1.O=C(O)C(F)(F)F. The van der Waals surface area contributed by atoms with Crippen LogP contribution in [0, 0.1) is 6.92 Å². The van der Waals surface area contributed by atoms with Gasteiger partial charge in [0.15, 0.2) is 0 Å². The minimum atomic E-state index is -5.08. The molecule has 0 saturated carbocycles. The number of hydrogen-bond acceptors (Lipinski definition) is 8. The number of amides is 2. The number of carboxylic acid groups (broad SMARTS) is 1. The molecule has 1 heterocycles. The lowest BCUT2D eigenvalue weighted by atomic mass is 10.0. The van der Waals surface area contributed by atoms with Crippen molar-refractivity contribution in [2.75, 3.05) is 13.7 Å². The Morgan fingerprint density at radius 3 is 2.33 bits per heavy atom. The van der Waals surface area contributed by atoms with Crippen LogP contribution in [0.3, 0.4) is 0 Å². The smallest absolute Gasteiger partial charge is 0.490 e. The highest BCUT2D eigenvalue weighted by atomic mass is 32.2. The number of hydrazone groups is 1. The maximum atomic E-state index is 14.5. The number of sulfonamides is 1. The maximum absolute atomic E-state index is 14.5. The molecule has 1 fully saturated rings. The van der Waals surface area contributed by atoms with Crippen LogP contribution < -0.4 is 16.3 Å². The van der Waals surface area contributed by atoms with Crippen LogP contribution in [0.5, 0.6) is 5.75 Å². The average molecular weight is 742 g/mol. The number of hydrogen-bond donors (Lipinski definition) is 3. The van der Waals surface area contributed by atoms with E-state index in [1.165, 1.54) is 19.4 Å². The molecule has 12 nitrogen and oxygen atoms in total. The molecule has 0 aliphatic carbocycles. The van der Waals surface area contributed by atoms with E-state index < -0.39 is 40.2 Å². The number of ether oxygens (including phenoxy) is 1. The van der Waals surface area contributed by atoms with Gasteiger partial charge in [0.05, 0.1) is 18.2 Å². The Morgan fingerprint density at radius 2 is 1.71 bits per heavy atom. The van der Waals surface area contributed by atoms with Crippen LogP contribution in [-0.2, 0) is 37.4 Å². The number of aryl methyl sites for hydroxylation is 2. The van der Waals surface area contributed by atoms with Gasteiger partial charge in [-0.15, -0.1) is 0 Å². The van der Waals surface area contributed by atoms with Gasteiger partial charge in [0.1, 0.15) is 17.8 Å². The molecule has 4 aromatic carbocycles. The van der Waals surface area contributed by atoms with Gasteiger partial charge >= 0.3 is 12.1 Å². The van der Waals surface area contributed by atoms with Crippen molar-refractivity contribution in [1.82, 2.24) is 9.21 Å². The Hall–Kier alpha value is -5.48. The molecule has 1 aliphatic heterocycles. The van der Waals surface area contributed by atoms with E-state index >= 15 is 0 Å². The molecule has 276 valence electrons. The third-order valence-electron chi connectivity index (χ3n) is 8.42. The van der Waals surface area contributed by atoms with Crippen molar-refractivity contribution in [3.8, 4) is 5.75 Å². The van der Waals surface area contributed by atoms with Crippen LogP contribution in [0.1, 0.15) is 35.1 Å². The Balaban J connectivity index is 0.000000785. The number of benzene rings is 4. The summed E-state index contributed by atoms with van der Waals surface area (Å²) in [5.74, 6) is 1.92. The number of methoxy groups -OCH3 is 1. The second-order valence-corrected chi connectivity index (χ2v) is 13.9. The minimum Gasteiger partial charge on any atom is -0.497 e. The van der Waals surface area contributed by atoms with Gasteiger partial charge in [-0.05, 0) is 84.0 Å². The van der Waals surface area contributed by atoms with Crippen molar-refractivity contribution < 1.29 is 45.8 Å². The fourth-order valence-electron chi connectivity index (χ4n) is 5.81. The molecule has 1 unspecified atom stereocenters. The highest BCUT2D eigenvalue weighted by molar-refractivity contribution is 7.89. The third-order valence-corrected chi connectivity index (χ3v) is 10.3. The predicted octanol–water partition coefficient (Wildman–Crippen LogP) is 4.36. The molecular formula is C36H38F3N5O7S. The molecule has 0 radical (unpaired) electrons. The summed E-state index contributed by atoms with van der Waals surface area (Å²) in [4.78, 5) is 37.5. The molecule has 52 heavy (non-hydrogen) atoms. The van der Waals surface area contributed by atoms with E-state index in [1.807, 2.05) is 61.5 Å². The van der Waals surface area contributed by atoms with E-state index in [2.05, 4.69) is 5.10 Å². The van der Waals surface area contributed by atoms with E-state index in [-0.39, 0.29) is 30.2 Å².